The number of amidine groups is 1. The van der Waals surface area contributed by atoms with E-state index >= 15 is 0 Å². The van der Waals surface area contributed by atoms with Crippen LogP contribution in [0.25, 0.3) is 0 Å². The predicted molar refractivity (Wildman–Crippen MR) is 66.8 cm³/mol. The van der Waals surface area contributed by atoms with E-state index in [-0.39, 0.29) is 17.9 Å². The number of hydrogen-bond donors (Lipinski definition) is 2. The Hall–Kier alpha value is -2.18. The third kappa shape index (κ3) is 2.31. The molecule has 1 amide bonds. The van der Waals surface area contributed by atoms with Crippen molar-refractivity contribution < 1.29 is 18.3 Å². The first-order valence-electron chi connectivity index (χ1n) is 6.22. The second-order valence-electron chi connectivity index (χ2n) is 4.91. The van der Waals surface area contributed by atoms with Crippen LogP contribution < -0.4 is 10.9 Å². The van der Waals surface area contributed by atoms with Gasteiger partial charge in [0.15, 0.2) is 0 Å². The van der Waals surface area contributed by atoms with Gasteiger partial charge in [-0.15, -0.1) is 0 Å². The average molecular weight is 281 g/mol. The Morgan fingerprint density at radius 3 is 2.70 bits per heavy atom. The standard InChI is InChI=1S/C13H13F2N3O2/c1-20-13(19)18-17-12-10-5-9(10)11(16-12)6-2-7(14)4-8(15)3-6/h2-4,9-11H,5H2,1H3,(H,16,17)(H,18,19). The Balaban J connectivity index is 1.75. The SMILES string of the molecule is COC(=O)NNC1=NC(c2cc(F)cc(F)c2)C2CC12. The molecule has 0 spiro atoms. The van der Waals surface area contributed by atoms with E-state index in [1.165, 1.54) is 19.2 Å². The van der Waals surface area contributed by atoms with Crippen molar-refractivity contribution in [3.63, 3.8) is 0 Å². The van der Waals surface area contributed by atoms with Crippen LogP contribution in [-0.4, -0.2) is 19.0 Å². The monoisotopic (exact) mass is 281 g/mol. The molecule has 1 fully saturated rings. The molecule has 7 heteroatoms. The fourth-order valence-electron chi connectivity index (χ4n) is 2.58. The highest BCUT2D eigenvalue weighted by atomic mass is 19.1. The zero-order valence-electron chi connectivity index (χ0n) is 10.7. The summed E-state index contributed by atoms with van der Waals surface area (Å²) in [6.45, 7) is 0. The highest BCUT2D eigenvalue weighted by molar-refractivity contribution is 5.90. The zero-order valence-corrected chi connectivity index (χ0v) is 10.7. The lowest BCUT2D eigenvalue weighted by Gasteiger charge is -2.11. The van der Waals surface area contributed by atoms with Gasteiger partial charge in [-0.3, -0.25) is 10.4 Å². The maximum Gasteiger partial charge on any atom is 0.425 e. The van der Waals surface area contributed by atoms with Crippen LogP contribution in [0.5, 0.6) is 0 Å². The topological polar surface area (TPSA) is 62.7 Å². The number of ether oxygens (including phenoxy) is 1. The van der Waals surface area contributed by atoms with E-state index < -0.39 is 17.7 Å². The Morgan fingerprint density at radius 2 is 2.05 bits per heavy atom. The fourth-order valence-corrected chi connectivity index (χ4v) is 2.58. The van der Waals surface area contributed by atoms with Crippen molar-refractivity contribution >= 4 is 11.9 Å². The molecule has 0 aromatic heterocycles. The van der Waals surface area contributed by atoms with Crippen LogP contribution in [0.2, 0.25) is 0 Å². The molecule has 106 valence electrons. The van der Waals surface area contributed by atoms with Gasteiger partial charge in [-0.05, 0) is 30.0 Å². The first-order valence-corrected chi connectivity index (χ1v) is 6.22. The summed E-state index contributed by atoms with van der Waals surface area (Å²) in [5.74, 6) is -0.167. The zero-order chi connectivity index (χ0) is 14.3. The van der Waals surface area contributed by atoms with E-state index in [0.29, 0.717) is 11.4 Å². The van der Waals surface area contributed by atoms with Gasteiger partial charge in [0.1, 0.15) is 17.5 Å². The third-order valence-electron chi connectivity index (χ3n) is 3.58. The highest BCUT2D eigenvalue weighted by Crippen LogP contribution is 2.54. The summed E-state index contributed by atoms with van der Waals surface area (Å²) in [4.78, 5) is 15.4. The number of nitrogens with zero attached hydrogens (tertiary/aromatic N) is 1. The molecule has 20 heavy (non-hydrogen) atoms. The average Bonchev–Trinajstić information content (AvgIpc) is 3.11. The van der Waals surface area contributed by atoms with E-state index in [4.69, 9.17) is 0 Å². The molecule has 2 N–H and O–H groups in total. The number of carbonyl (C=O) groups excluding carboxylic acids is 1. The molecule has 0 saturated heterocycles. The molecule has 0 radical (unpaired) electrons. The van der Waals surface area contributed by atoms with Gasteiger partial charge >= 0.3 is 6.09 Å². The number of hydrazine groups is 1. The fraction of sp³-hybridized carbons (Fsp3) is 0.385. The molecular formula is C13H13F2N3O2. The Labute approximate surface area is 114 Å². The summed E-state index contributed by atoms with van der Waals surface area (Å²) in [5, 5.41) is 0. The van der Waals surface area contributed by atoms with Crippen molar-refractivity contribution in [2.75, 3.05) is 7.11 Å². The van der Waals surface area contributed by atoms with E-state index in [2.05, 4.69) is 20.6 Å². The van der Waals surface area contributed by atoms with Crippen LogP contribution in [0.1, 0.15) is 18.0 Å². The van der Waals surface area contributed by atoms with Crippen LogP contribution in [-0.2, 0) is 4.74 Å². The minimum atomic E-state index is -0.620. The number of rotatable bonds is 1. The van der Waals surface area contributed by atoms with E-state index in [0.717, 1.165) is 12.5 Å². The van der Waals surface area contributed by atoms with E-state index in [1.807, 2.05) is 0 Å². The van der Waals surface area contributed by atoms with Gasteiger partial charge in [-0.1, -0.05) is 0 Å². The quantitative estimate of drug-likeness (QED) is 0.773. The summed E-state index contributed by atoms with van der Waals surface area (Å²) < 4.78 is 30.9. The molecule has 3 unspecified atom stereocenters. The molecule has 1 aliphatic carbocycles. The van der Waals surface area contributed by atoms with Gasteiger partial charge in [-0.2, -0.15) is 0 Å². The number of aliphatic imine (C=N–C) groups is 1. The van der Waals surface area contributed by atoms with Crippen molar-refractivity contribution in [2.24, 2.45) is 16.8 Å². The maximum absolute atomic E-state index is 13.2. The number of hydrogen-bond acceptors (Lipinski definition) is 4. The minimum Gasteiger partial charge on any atom is -0.452 e. The van der Waals surface area contributed by atoms with Gasteiger partial charge in [0.25, 0.3) is 0 Å². The Kier molecular flexibility index (Phi) is 3.04. The van der Waals surface area contributed by atoms with Crippen molar-refractivity contribution in [2.45, 2.75) is 12.5 Å². The molecule has 1 aliphatic heterocycles. The Morgan fingerprint density at radius 1 is 1.35 bits per heavy atom. The first-order chi connectivity index (χ1) is 9.58. The summed E-state index contributed by atoms with van der Waals surface area (Å²) >= 11 is 0. The molecule has 3 atom stereocenters. The van der Waals surface area contributed by atoms with E-state index in [9.17, 15) is 13.6 Å². The van der Waals surface area contributed by atoms with Crippen molar-refractivity contribution in [3.8, 4) is 0 Å². The van der Waals surface area contributed by atoms with Crippen molar-refractivity contribution in [1.29, 1.82) is 0 Å². The lowest BCUT2D eigenvalue weighted by molar-refractivity contribution is 0.168. The van der Waals surface area contributed by atoms with Crippen LogP contribution in [0.15, 0.2) is 23.2 Å². The first kappa shape index (κ1) is 12.8. The van der Waals surface area contributed by atoms with Crippen molar-refractivity contribution in [3.05, 3.63) is 35.4 Å². The molecule has 2 aliphatic rings. The normalized spacial score (nSPS) is 26.6. The number of carbonyl (C=O) groups is 1. The smallest absolute Gasteiger partial charge is 0.425 e. The molecule has 1 aromatic rings. The summed E-state index contributed by atoms with van der Waals surface area (Å²) in [5.41, 5.74) is 5.55. The molecule has 5 nitrogen and oxygen atoms in total. The van der Waals surface area contributed by atoms with Gasteiger partial charge in [0, 0.05) is 12.0 Å². The summed E-state index contributed by atoms with van der Waals surface area (Å²) in [6.07, 6.45) is 0.266. The van der Waals surface area contributed by atoms with Crippen molar-refractivity contribution in [1.82, 2.24) is 10.9 Å². The van der Waals surface area contributed by atoms with Crippen LogP contribution in [0, 0.1) is 23.5 Å². The molecule has 1 saturated carbocycles. The largest absolute Gasteiger partial charge is 0.452 e. The number of amides is 1. The number of methoxy groups -OCH3 is 1. The third-order valence-corrected chi connectivity index (χ3v) is 3.58. The molecule has 3 rings (SSSR count). The second kappa shape index (κ2) is 4.73. The number of fused-ring (bicyclic) bond motifs is 1. The van der Waals surface area contributed by atoms with Crippen LogP contribution in [0.3, 0.4) is 0 Å². The molecule has 1 heterocycles. The van der Waals surface area contributed by atoms with Gasteiger partial charge in [0.2, 0.25) is 0 Å². The second-order valence-corrected chi connectivity index (χ2v) is 4.91. The molecular weight excluding hydrogens is 268 g/mol. The lowest BCUT2D eigenvalue weighted by Crippen LogP contribution is -2.42. The summed E-state index contributed by atoms with van der Waals surface area (Å²) in [7, 11) is 1.26. The number of benzene rings is 1. The molecule has 1 aromatic carbocycles. The Bertz CT molecular complexity index is 571. The van der Waals surface area contributed by atoms with Crippen LogP contribution >= 0.6 is 0 Å². The summed E-state index contributed by atoms with van der Waals surface area (Å²) in [6, 6.07) is 3.16. The number of nitrogens with one attached hydrogen (secondary N) is 2. The minimum absolute atomic E-state index is 0.198. The number of halogens is 2. The maximum atomic E-state index is 13.2. The van der Waals surface area contributed by atoms with Crippen LogP contribution in [0.4, 0.5) is 13.6 Å². The predicted octanol–water partition coefficient (Wildman–Crippen LogP) is 1.91. The molecule has 0 bridgehead atoms. The highest BCUT2D eigenvalue weighted by Gasteiger charge is 2.52. The van der Waals surface area contributed by atoms with Gasteiger partial charge in [-0.25, -0.2) is 19.0 Å². The van der Waals surface area contributed by atoms with E-state index in [1.54, 1.807) is 0 Å². The lowest BCUT2D eigenvalue weighted by atomic mass is 10.0. The van der Waals surface area contributed by atoms with Gasteiger partial charge in [0.05, 0.1) is 13.2 Å². The van der Waals surface area contributed by atoms with Gasteiger partial charge < -0.3 is 4.74 Å².